The Morgan fingerprint density at radius 3 is 2.44 bits per heavy atom. The van der Waals surface area contributed by atoms with Crippen LogP contribution in [0.1, 0.15) is 15.9 Å². The van der Waals surface area contributed by atoms with Crippen LogP contribution >= 0.6 is 11.6 Å². The summed E-state index contributed by atoms with van der Waals surface area (Å²) in [4.78, 5) is 35.0. The molecule has 2 aromatic carbocycles. The van der Waals surface area contributed by atoms with Gasteiger partial charge in [-0.2, -0.15) is 0 Å². The summed E-state index contributed by atoms with van der Waals surface area (Å²) in [5, 5.41) is 2.69. The summed E-state index contributed by atoms with van der Waals surface area (Å²) in [6.07, 6.45) is 0. The van der Waals surface area contributed by atoms with Gasteiger partial charge in [-0.1, -0.05) is 29.8 Å². The van der Waals surface area contributed by atoms with Crippen LogP contribution in [0, 0.1) is 6.92 Å². The quantitative estimate of drug-likeness (QED) is 0.799. The number of benzene rings is 2. The monoisotopic (exact) mass is 361 g/mol. The first kappa shape index (κ1) is 18.5. The summed E-state index contributed by atoms with van der Waals surface area (Å²) in [5.41, 5.74) is 1.11. The molecule has 2 rings (SSSR count). The molecule has 0 aliphatic rings. The Hall–Kier alpha value is -2.86. The minimum Gasteiger partial charge on any atom is -0.482 e. The highest BCUT2D eigenvalue weighted by Gasteiger charge is 2.13. The van der Waals surface area contributed by atoms with E-state index in [1.54, 1.807) is 55.5 Å². The molecular weight excluding hydrogens is 346 g/mol. The average molecular weight is 362 g/mol. The van der Waals surface area contributed by atoms with Gasteiger partial charge >= 0.3 is 5.97 Å². The van der Waals surface area contributed by atoms with Gasteiger partial charge in [-0.3, -0.25) is 14.9 Å². The summed E-state index contributed by atoms with van der Waals surface area (Å²) >= 11 is 5.83. The number of amides is 2. The Bertz CT molecular complexity index is 776. The molecule has 25 heavy (non-hydrogen) atoms. The van der Waals surface area contributed by atoms with Gasteiger partial charge in [0.1, 0.15) is 5.75 Å². The summed E-state index contributed by atoms with van der Waals surface area (Å²) in [7, 11) is 0. The molecule has 0 unspecified atom stereocenters. The SMILES string of the molecule is Cc1cc(Cl)ccc1OCC(=O)OCC(=O)NC(=O)c1ccccc1. The van der Waals surface area contributed by atoms with Crippen molar-refractivity contribution in [3.8, 4) is 5.75 Å². The summed E-state index contributed by atoms with van der Waals surface area (Å²) in [6.45, 7) is 0.859. The third kappa shape index (κ3) is 5.93. The molecule has 2 aromatic rings. The number of hydrogen-bond donors (Lipinski definition) is 1. The van der Waals surface area contributed by atoms with Gasteiger partial charge in [0.15, 0.2) is 13.2 Å². The molecule has 0 saturated carbocycles. The number of imide groups is 1. The molecule has 6 nitrogen and oxygen atoms in total. The maximum Gasteiger partial charge on any atom is 0.344 e. The molecule has 0 aliphatic heterocycles. The van der Waals surface area contributed by atoms with E-state index in [4.69, 9.17) is 21.1 Å². The molecular formula is C18H16ClNO5. The van der Waals surface area contributed by atoms with Gasteiger partial charge in [0.2, 0.25) is 0 Å². The number of halogens is 1. The summed E-state index contributed by atoms with van der Waals surface area (Å²) in [6, 6.07) is 13.2. The highest BCUT2D eigenvalue weighted by atomic mass is 35.5. The van der Waals surface area contributed by atoms with Crippen LogP contribution in [0.2, 0.25) is 5.02 Å². The number of hydrogen-bond acceptors (Lipinski definition) is 5. The number of aryl methyl sites for hydroxylation is 1. The van der Waals surface area contributed by atoms with Gasteiger partial charge < -0.3 is 9.47 Å². The van der Waals surface area contributed by atoms with E-state index >= 15 is 0 Å². The first-order valence-corrected chi connectivity index (χ1v) is 7.77. The van der Waals surface area contributed by atoms with Crippen molar-refractivity contribution in [3.05, 3.63) is 64.7 Å². The second kappa shape index (κ2) is 8.84. The minimum atomic E-state index is -0.725. The Morgan fingerprint density at radius 1 is 1.04 bits per heavy atom. The van der Waals surface area contributed by atoms with Crippen molar-refractivity contribution in [1.29, 1.82) is 0 Å². The van der Waals surface area contributed by atoms with Crippen molar-refractivity contribution in [3.63, 3.8) is 0 Å². The maximum absolute atomic E-state index is 11.8. The van der Waals surface area contributed by atoms with E-state index in [-0.39, 0.29) is 6.61 Å². The zero-order valence-corrected chi connectivity index (χ0v) is 14.2. The largest absolute Gasteiger partial charge is 0.482 e. The Balaban J connectivity index is 1.74. The Morgan fingerprint density at radius 2 is 1.76 bits per heavy atom. The smallest absolute Gasteiger partial charge is 0.344 e. The molecule has 1 N–H and O–H groups in total. The lowest BCUT2D eigenvalue weighted by molar-refractivity contribution is -0.150. The van der Waals surface area contributed by atoms with Crippen molar-refractivity contribution in [2.45, 2.75) is 6.92 Å². The molecule has 130 valence electrons. The summed E-state index contributed by atoms with van der Waals surface area (Å²) < 4.78 is 10.1. The third-order valence-corrected chi connectivity index (χ3v) is 3.37. The van der Waals surface area contributed by atoms with Gasteiger partial charge in [-0.25, -0.2) is 4.79 Å². The van der Waals surface area contributed by atoms with Gasteiger partial charge in [-0.05, 0) is 42.8 Å². The van der Waals surface area contributed by atoms with Crippen LogP contribution in [0.5, 0.6) is 5.75 Å². The topological polar surface area (TPSA) is 81.7 Å². The Kier molecular flexibility index (Phi) is 6.54. The molecule has 2 amide bonds. The first-order valence-electron chi connectivity index (χ1n) is 7.39. The zero-order chi connectivity index (χ0) is 18.2. The normalized spacial score (nSPS) is 10.0. The van der Waals surface area contributed by atoms with Gasteiger partial charge in [0.25, 0.3) is 11.8 Å². The van der Waals surface area contributed by atoms with E-state index < -0.39 is 24.4 Å². The first-order chi connectivity index (χ1) is 12.0. The van der Waals surface area contributed by atoms with Crippen molar-refractivity contribution in [1.82, 2.24) is 5.32 Å². The van der Waals surface area contributed by atoms with E-state index in [2.05, 4.69) is 5.32 Å². The van der Waals surface area contributed by atoms with E-state index in [0.717, 1.165) is 5.56 Å². The van der Waals surface area contributed by atoms with Gasteiger partial charge in [0, 0.05) is 10.6 Å². The molecule has 0 spiro atoms. The molecule has 0 aliphatic carbocycles. The van der Waals surface area contributed by atoms with Crippen LogP contribution in [0.3, 0.4) is 0 Å². The fraction of sp³-hybridized carbons (Fsp3) is 0.167. The molecule has 7 heteroatoms. The van der Waals surface area contributed by atoms with E-state index in [1.807, 2.05) is 0 Å². The highest BCUT2D eigenvalue weighted by Crippen LogP contribution is 2.21. The second-order valence-electron chi connectivity index (χ2n) is 5.10. The van der Waals surface area contributed by atoms with Gasteiger partial charge in [-0.15, -0.1) is 0 Å². The fourth-order valence-electron chi connectivity index (χ4n) is 1.92. The molecule has 0 fully saturated rings. The molecule has 0 atom stereocenters. The van der Waals surface area contributed by atoms with Crippen molar-refractivity contribution in [2.75, 3.05) is 13.2 Å². The third-order valence-electron chi connectivity index (χ3n) is 3.14. The molecule has 0 saturated heterocycles. The van der Waals surface area contributed by atoms with E-state index in [1.165, 1.54) is 0 Å². The molecule has 0 bridgehead atoms. The van der Waals surface area contributed by atoms with E-state index in [9.17, 15) is 14.4 Å². The predicted octanol–water partition coefficient (Wildman–Crippen LogP) is 2.53. The lowest BCUT2D eigenvalue weighted by atomic mass is 10.2. The minimum absolute atomic E-state index is 0.337. The standard InChI is InChI=1S/C18H16ClNO5/c1-12-9-14(19)7-8-15(12)24-11-17(22)25-10-16(21)20-18(23)13-5-3-2-4-6-13/h2-9H,10-11H2,1H3,(H,20,21,23). The number of esters is 1. The number of ether oxygens (including phenoxy) is 2. The van der Waals surface area contributed by atoms with Crippen molar-refractivity contribution in [2.24, 2.45) is 0 Å². The van der Waals surface area contributed by atoms with Crippen molar-refractivity contribution >= 4 is 29.4 Å². The lowest BCUT2D eigenvalue weighted by Crippen LogP contribution is -2.34. The lowest BCUT2D eigenvalue weighted by Gasteiger charge is -2.09. The van der Waals surface area contributed by atoms with Crippen LogP contribution in [0.25, 0.3) is 0 Å². The van der Waals surface area contributed by atoms with Crippen LogP contribution in [-0.2, 0) is 14.3 Å². The number of carbonyl (C=O) groups excluding carboxylic acids is 3. The van der Waals surface area contributed by atoms with Gasteiger partial charge in [0.05, 0.1) is 0 Å². The van der Waals surface area contributed by atoms with E-state index in [0.29, 0.717) is 16.3 Å². The van der Waals surface area contributed by atoms with Crippen LogP contribution in [0.4, 0.5) is 0 Å². The maximum atomic E-state index is 11.8. The second-order valence-corrected chi connectivity index (χ2v) is 5.54. The van der Waals surface area contributed by atoms with Crippen LogP contribution in [-0.4, -0.2) is 31.0 Å². The van der Waals surface area contributed by atoms with Crippen molar-refractivity contribution < 1.29 is 23.9 Å². The molecule has 0 heterocycles. The molecule has 0 aromatic heterocycles. The Labute approximate surface area is 149 Å². The molecule has 0 radical (unpaired) electrons. The average Bonchev–Trinajstić information content (AvgIpc) is 2.60. The van der Waals surface area contributed by atoms with Crippen LogP contribution < -0.4 is 10.1 Å². The highest BCUT2D eigenvalue weighted by molar-refractivity contribution is 6.30. The summed E-state index contributed by atoms with van der Waals surface area (Å²) in [5.74, 6) is -1.51. The number of rotatable bonds is 6. The number of nitrogens with one attached hydrogen (secondary N) is 1. The van der Waals surface area contributed by atoms with Crippen LogP contribution in [0.15, 0.2) is 48.5 Å². The fourth-order valence-corrected chi connectivity index (χ4v) is 2.15. The predicted molar refractivity (Wildman–Crippen MR) is 91.6 cm³/mol. The number of carbonyl (C=O) groups is 3. The zero-order valence-electron chi connectivity index (χ0n) is 13.5.